The number of rotatable bonds is 8. The van der Waals surface area contributed by atoms with E-state index in [2.05, 4.69) is 33.8 Å². The van der Waals surface area contributed by atoms with Gasteiger partial charge in [0.15, 0.2) is 5.82 Å². The third-order valence-electron chi connectivity index (χ3n) is 4.05. The Kier molecular flexibility index (Phi) is 6.60. The molecule has 1 fully saturated rings. The van der Waals surface area contributed by atoms with E-state index in [4.69, 9.17) is 9.26 Å². The molecule has 1 aliphatic rings. The van der Waals surface area contributed by atoms with Gasteiger partial charge in [-0.05, 0) is 13.3 Å². The van der Waals surface area contributed by atoms with E-state index < -0.39 is 0 Å². The number of piperazine rings is 1. The summed E-state index contributed by atoms with van der Waals surface area (Å²) in [6, 6.07) is 0.542. The van der Waals surface area contributed by atoms with E-state index in [9.17, 15) is 0 Å². The smallest absolute Gasteiger partial charge is 0.226 e. The largest absolute Gasteiger partial charge is 0.383 e. The molecule has 0 spiro atoms. The molecule has 6 nitrogen and oxygen atoms in total. The molecule has 1 aromatic heterocycles. The number of unbranched alkanes of at least 4 members (excludes halogenated alkanes) is 1. The van der Waals surface area contributed by atoms with Gasteiger partial charge >= 0.3 is 0 Å². The van der Waals surface area contributed by atoms with Crippen LogP contribution in [-0.4, -0.2) is 65.9 Å². The van der Waals surface area contributed by atoms with Crippen molar-refractivity contribution >= 4 is 0 Å². The quantitative estimate of drug-likeness (QED) is 0.726. The average molecular weight is 296 g/mol. The van der Waals surface area contributed by atoms with Gasteiger partial charge < -0.3 is 9.26 Å². The molecule has 0 unspecified atom stereocenters. The lowest BCUT2D eigenvalue weighted by atomic mass is 10.2. The summed E-state index contributed by atoms with van der Waals surface area (Å²) in [5.41, 5.74) is 0. The van der Waals surface area contributed by atoms with Crippen molar-refractivity contribution in [2.75, 3.05) is 39.9 Å². The second-order valence-electron chi connectivity index (χ2n) is 5.82. The summed E-state index contributed by atoms with van der Waals surface area (Å²) in [7, 11) is 1.76. The molecule has 2 heterocycles. The van der Waals surface area contributed by atoms with Gasteiger partial charge in [-0.1, -0.05) is 18.5 Å². The number of ether oxygens (including phenoxy) is 1. The van der Waals surface area contributed by atoms with Gasteiger partial charge in [-0.3, -0.25) is 9.80 Å². The molecule has 21 heavy (non-hydrogen) atoms. The minimum absolute atomic E-state index is 0.542. The lowest BCUT2D eigenvalue weighted by Crippen LogP contribution is -2.52. The molecule has 1 aromatic rings. The molecule has 1 saturated heterocycles. The second kappa shape index (κ2) is 8.46. The Bertz CT molecular complexity index is 410. The topological polar surface area (TPSA) is 54.6 Å². The minimum atomic E-state index is 0.542. The van der Waals surface area contributed by atoms with Crippen LogP contribution >= 0.6 is 0 Å². The molecular weight excluding hydrogens is 268 g/mol. The maximum absolute atomic E-state index is 5.29. The lowest BCUT2D eigenvalue weighted by molar-refractivity contribution is 0.0543. The number of aromatic nitrogens is 2. The molecule has 0 aromatic carbocycles. The van der Waals surface area contributed by atoms with E-state index in [1.54, 1.807) is 7.11 Å². The van der Waals surface area contributed by atoms with Crippen LogP contribution in [0.2, 0.25) is 0 Å². The second-order valence-corrected chi connectivity index (χ2v) is 5.82. The van der Waals surface area contributed by atoms with Gasteiger partial charge in [-0.25, -0.2) is 0 Å². The minimum Gasteiger partial charge on any atom is -0.383 e. The molecule has 2 rings (SSSR count). The van der Waals surface area contributed by atoms with Gasteiger partial charge in [-0.15, -0.1) is 0 Å². The zero-order valence-corrected chi connectivity index (χ0v) is 13.5. The first kappa shape index (κ1) is 16.4. The zero-order valence-electron chi connectivity index (χ0n) is 13.5. The molecule has 1 atom stereocenters. The standard InChI is InChI=1S/C15H28N4O2/c1-4-5-6-15-16-14(17-21-15)12-18-7-8-19(9-10-20-3)13(2)11-18/h13H,4-12H2,1-3H3/t13-/m0/s1. The Morgan fingerprint density at radius 1 is 1.38 bits per heavy atom. The van der Waals surface area contributed by atoms with E-state index in [-0.39, 0.29) is 0 Å². The van der Waals surface area contributed by atoms with Gasteiger partial charge in [0, 0.05) is 45.8 Å². The molecule has 0 bridgehead atoms. The molecule has 0 radical (unpaired) electrons. The SMILES string of the molecule is CCCCc1nc(CN2CCN(CCOC)[C@@H](C)C2)no1. The van der Waals surface area contributed by atoms with Crippen molar-refractivity contribution in [3.63, 3.8) is 0 Å². The van der Waals surface area contributed by atoms with E-state index in [1.807, 2.05) is 0 Å². The fourth-order valence-corrected chi connectivity index (χ4v) is 2.74. The summed E-state index contributed by atoms with van der Waals surface area (Å²) in [5, 5.41) is 4.10. The van der Waals surface area contributed by atoms with Gasteiger partial charge in [0.2, 0.25) is 5.89 Å². The summed E-state index contributed by atoms with van der Waals surface area (Å²) < 4.78 is 10.5. The Morgan fingerprint density at radius 2 is 2.24 bits per heavy atom. The molecule has 0 N–H and O–H groups in total. The fraction of sp³-hybridized carbons (Fsp3) is 0.867. The normalized spacial score (nSPS) is 21.0. The van der Waals surface area contributed by atoms with Crippen LogP contribution in [-0.2, 0) is 17.7 Å². The molecule has 0 amide bonds. The summed E-state index contributed by atoms with van der Waals surface area (Å²) in [5.74, 6) is 1.59. The monoisotopic (exact) mass is 296 g/mol. The van der Waals surface area contributed by atoms with Gasteiger partial charge in [0.1, 0.15) is 0 Å². The highest BCUT2D eigenvalue weighted by atomic mass is 16.5. The molecular formula is C15H28N4O2. The highest BCUT2D eigenvalue weighted by molar-refractivity contribution is 4.89. The van der Waals surface area contributed by atoms with Gasteiger partial charge in [0.25, 0.3) is 0 Å². The first-order chi connectivity index (χ1) is 10.2. The van der Waals surface area contributed by atoms with E-state index in [0.29, 0.717) is 6.04 Å². The Balaban J connectivity index is 1.78. The number of aryl methyl sites for hydroxylation is 1. The molecule has 120 valence electrons. The first-order valence-corrected chi connectivity index (χ1v) is 7.99. The van der Waals surface area contributed by atoms with Gasteiger partial charge in [-0.2, -0.15) is 4.98 Å². The van der Waals surface area contributed by atoms with Crippen molar-refractivity contribution in [3.05, 3.63) is 11.7 Å². The van der Waals surface area contributed by atoms with Crippen LogP contribution in [0.25, 0.3) is 0 Å². The van der Waals surface area contributed by atoms with E-state index in [0.717, 1.165) is 70.3 Å². The lowest BCUT2D eigenvalue weighted by Gasteiger charge is -2.39. The predicted octanol–water partition coefficient (Wildman–Crippen LogP) is 1.56. The van der Waals surface area contributed by atoms with Crippen molar-refractivity contribution in [2.24, 2.45) is 0 Å². The summed E-state index contributed by atoms with van der Waals surface area (Å²) in [6.07, 6.45) is 3.15. The van der Waals surface area contributed by atoms with Crippen molar-refractivity contribution in [2.45, 2.75) is 45.7 Å². The first-order valence-electron chi connectivity index (χ1n) is 7.99. The van der Waals surface area contributed by atoms with Crippen LogP contribution in [0.15, 0.2) is 4.52 Å². The van der Waals surface area contributed by atoms with Crippen LogP contribution in [0, 0.1) is 0 Å². The highest BCUT2D eigenvalue weighted by Crippen LogP contribution is 2.12. The van der Waals surface area contributed by atoms with Crippen LogP contribution < -0.4 is 0 Å². The van der Waals surface area contributed by atoms with Crippen molar-refractivity contribution in [1.29, 1.82) is 0 Å². The summed E-state index contributed by atoms with van der Waals surface area (Å²) >= 11 is 0. The predicted molar refractivity (Wildman–Crippen MR) is 81.1 cm³/mol. The summed E-state index contributed by atoms with van der Waals surface area (Å²) in [4.78, 5) is 9.36. The maximum Gasteiger partial charge on any atom is 0.226 e. The molecule has 0 aliphatic carbocycles. The molecule has 6 heteroatoms. The Labute approximate surface area is 127 Å². The van der Waals surface area contributed by atoms with Crippen LogP contribution in [0.3, 0.4) is 0 Å². The van der Waals surface area contributed by atoms with Crippen molar-refractivity contribution < 1.29 is 9.26 Å². The van der Waals surface area contributed by atoms with Crippen molar-refractivity contribution in [1.82, 2.24) is 19.9 Å². The summed E-state index contributed by atoms with van der Waals surface area (Å²) in [6.45, 7) is 10.2. The number of hydrogen-bond donors (Lipinski definition) is 0. The average Bonchev–Trinajstić information content (AvgIpc) is 2.92. The zero-order chi connectivity index (χ0) is 15.1. The number of nitrogens with zero attached hydrogens (tertiary/aromatic N) is 4. The fourth-order valence-electron chi connectivity index (χ4n) is 2.74. The molecule has 0 saturated carbocycles. The van der Waals surface area contributed by atoms with Crippen LogP contribution in [0.5, 0.6) is 0 Å². The third kappa shape index (κ3) is 5.05. The molecule has 1 aliphatic heterocycles. The van der Waals surface area contributed by atoms with Gasteiger partial charge in [0.05, 0.1) is 13.2 Å². The van der Waals surface area contributed by atoms with E-state index in [1.165, 1.54) is 0 Å². The number of hydrogen-bond acceptors (Lipinski definition) is 6. The van der Waals surface area contributed by atoms with E-state index >= 15 is 0 Å². The highest BCUT2D eigenvalue weighted by Gasteiger charge is 2.24. The van der Waals surface area contributed by atoms with Crippen molar-refractivity contribution in [3.8, 4) is 0 Å². The third-order valence-corrected chi connectivity index (χ3v) is 4.05. The maximum atomic E-state index is 5.29. The van der Waals surface area contributed by atoms with Crippen LogP contribution in [0.1, 0.15) is 38.4 Å². The Hall–Kier alpha value is -0.980. The Morgan fingerprint density at radius 3 is 2.95 bits per heavy atom. The van der Waals surface area contributed by atoms with Crippen LogP contribution in [0.4, 0.5) is 0 Å². The number of methoxy groups -OCH3 is 1.